The number of carboxylic acid groups (broad SMARTS) is 1. The van der Waals surface area contributed by atoms with E-state index >= 15 is 0 Å². The van der Waals surface area contributed by atoms with Crippen molar-refractivity contribution in [3.05, 3.63) is 29.6 Å². The van der Waals surface area contributed by atoms with Crippen molar-refractivity contribution in [1.82, 2.24) is 10.3 Å². The van der Waals surface area contributed by atoms with Crippen LogP contribution in [0.15, 0.2) is 18.3 Å². The molecule has 110 valence electrons. The summed E-state index contributed by atoms with van der Waals surface area (Å²) in [6.45, 7) is -2.35. The maximum absolute atomic E-state index is 11.8. The molecule has 0 aromatic carbocycles. The summed E-state index contributed by atoms with van der Waals surface area (Å²) in [4.78, 5) is 25.7. The molecule has 9 heteroatoms. The van der Waals surface area contributed by atoms with Crippen molar-refractivity contribution in [3.8, 4) is 0 Å². The molecule has 2 N–H and O–H groups in total. The quantitative estimate of drug-likeness (QED) is 0.815. The van der Waals surface area contributed by atoms with Gasteiger partial charge in [0, 0.05) is 6.20 Å². The number of nitrogens with zero attached hydrogens (tertiary/aromatic N) is 1. The van der Waals surface area contributed by atoms with Gasteiger partial charge in [0.1, 0.15) is 13.2 Å². The van der Waals surface area contributed by atoms with E-state index in [1.165, 1.54) is 18.3 Å². The Kier molecular flexibility index (Phi) is 5.44. The van der Waals surface area contributed by atoms with Crippen LogP contribution in [-0.4, -0.2) is 41.4 Å². The lowest BCUT2D eigenvalue weighted by Crippen LogP contribution is -2.29. The summed E-state index contributed by atoms with van der Waals surface area (Å²) < 4.78 is 39.4. The largest absolute Gasteiger partial charge is 0.478 e. The number of aromatic carboxylic acids is 1. The van der Waals surface area contributed by atoms with Crippen LogP contribution in [0.5, 0.6) is 0 Å². The van der Waals surface area contributed by atoms with E-state index < -0.39 is 31.3 Å². The highest BCUT2D eigenvalue weighted by molar-refractivity contribution is 5.87. The van der Waals surface area contributed by atoms with Crippen molar-refractivity contribution in [3.63, 3.8) is 0 Å². The first-order valence-corrected chi connectivity index (χ1v) is 5.37. The molecule has 0 radical (unpaired) electrons. The Morgan fingerprint density at radius 2 is 2.10 bits per heavy atom. The third-order valence-electron chi connectivity index (χ3n) is 2.03. The van der Waals surface area contributed by atoms with E-state index in [0.29, 0.717) is 0 Å². The van der Waals surface area contributed by atoms with Crippen LogP contribution in [0.2, 0.25) is 0 Å². The molecule has 1 aromatic heterocycles. The van der Waals surface area contributed by atoms with Crippen LogP contribution in [0.3, 0.4) is 0 Å². The Balaban J connectivity index is 2.37. The predicted molar refractivity (Wildman–Crippen MR) is 59.9 cm³/mol. The van der Waals surface area contributed by atoms with Gasteiger partial charge in [-0.15, -0.1) is 0 Å². The van der Waals surface area contributed by atoms with Gasteiger partial charge in [-0.2, -0.15) is 13.2 Å². The molecular formula is C11H11F3N2O4. The number of amides is 1. The molecule has 0 aliphatic heterocycles. The molecule has 0 unspecified atom stereocenters. The average molecular weight is 292 g/mol. The molecule has 0 aliphatic rings. The third kappa shape index (κ3) is 6.14. The monoisotopic (exact) mass is 292 g/mol. The van der Waals surface area contributed by atoms with E-state index in [4.69, 9.17) is 5.11 Å². The van der Waals surface area contributed by atoms with Gasteiger partial charge in [0.25, 0.3) is 0 Å². The number of nitrogens with one attached hydrogen (secondary N) is 1. The second kappa shape index (κ2) is 6.85. The van der Waals surface area contributed by atoms with Crippen LogP contribution in [0, 0.1) is 0 Å². The Bertz CT molecular complexity index is 491. The Hall–Kier alpha value is -2.16. The number of aromatic nitrogens is 1. The fraction of sp³-hybridized carbons (Fsp3) is 0.364. The molecule has 0 bridgehead atoms. The third-order valence-corrected chi connectivity index (χ3v) is 2.03. The lowest BCUT2D eigenvalue weighted by molar-refractivity contribution is -0.175. The number of rotatable bonds is 6. The van der Waals surface area contributed by atoms with Crippen LogP contribution in [0.25, 0.3) is 0 Å². The van der Waals surface area contributed by atoms with Gasteiger partial charge < -0.3 is 15.2 Å². The molecule has 0 saturated carbocycles. The zero-order valence-electron chi connectivity index (χ0n) is 10.1. The first kappa shape index (κ1) is 15.9. The normalized spacial score (nSPS) is 11.2. The number of carbonyl (C=O) groups excluding carboxylic acids is 1. The molecule has 1 aromatic rings. The SMILES string of the molecule is O=C(COCC(F)(F)F)NCc1cc(C(=O)O)ccn1. The van der Waals surface area contributed by atoms with Gasteiger partial charge in [-0.25, -0.2) is 4.79 Å². The first-order chi connectivity index (χ1) is 9.28. The van der Waals surface area contributed by atoms with Crippen molar-refractivity contribution < 1.29 is 32.6 Å². The maximum Gasteiger partial charge on any atom is 0.411 e. The zero-order valence-corrected chi connectivity index (χ0v) is 10.1. The van der Waals surface area contributed by atoms with Gasteiger partial charge in [-0.1, -0.05) is 0 Å². The van der Waals surface area contributed by atoms with Gasteiger partial charge in [0.2, 0.25) is 5.91 Å². The van der Waals surface area contributed by atoms with Crippen molar-refractivity contribution >= 4 is 11.9 Å². The smallest absolute Gasteiger partial charge is 0.411 e. The first-order valence-electron chi connectivity index (χ1n) is 5.37. The van der Waals surface area contributed by atoms with Crippen LogP contribution < -0.4 is 5.32 Å². The van der Waals surface area contributed by atoms with Gasteiger partial charge in [0.05, 0.1) is 17.8 Å². The molecule has 6 nitrogen and oxygen atoms in total. The summed E-state index contributed by atoms with van der Waals surface area (Å²) in [6, 6.07) is 2.53. The van der Waals surface area contributed by atoms with Crippen molar-refractivity contribution in [2.24, 2.45) is 0 Å². The number of carboxylic acids is 1. The van der Waals surface area contributed by atoms with E-state index in [9.17, 15) is 22.8 Å². The second-order valence-electron chi connectivity index (χ2n) is 3.73. The summed E-state index contributed by atoms with van der Waals surface area (Å²) in [5.74, 6) is -1.90. The molecule has 0 aliphatic carbocycles. The Morgan fingerprint density at radius 1 is 1.40 bits per heavy atom. The second-order valence-corrected chi connectivity index (χ2v) is 3.73. The van der Waals surface area contributed by atoms with E-state index in [1.54, 1.807) is 0 Å². The lowest BCUT2D eigenvalue weighted by atomic mass is 10.2. The summed E-state index contributed by atoms with van der Waals surface area (Å²) in [5.41, 5.74) is 0.270. The fourth-order valence-corrected chi connectivity index (χ4v) is 1.21. The molecule has 20 heavy (non-hydrogen) atoms. The fourth-order valence-electron chi connectivity index (χ4n) is 1.21. The standard InChI is InChI=1S/C11H11F3N2O4/c12-11(13,14)6-20-5-9(17)16-4-8-3-7(10(18)19)1-2-15-8/h1-3H,4-6H2,(H,16,17)(H,18,19). The molecule has 0 saturated heterocycles. The summed E-state index contributed by atoms with van der Waals surface area (Å²) in [7, 11) is 0. The minimum atomic E-state index is -4.49. The number of pyridine rings is 1. The molecule has 0 spiro atoms. The van der Waals surface area contributed by atoms with Crippen LogP contribution in [0.4, 0.5) is 13.2 Å². The highest BCUT2D eigenvalue weighted by atomic mass is 19.4. The van der Waals surface area contributed by atoms with E-state index in [1.807, 2.05) is 0 Å². The lowest BCUT2D eigenvalue weighted by Gasteiger charge is -2.08. The van der Waals surface area contributed by atoms with Crippen LogP contribution in [0.1, 0.15) is 16.1 Å². The number of hydrogen-bond donors (Lipinski definition) is 2. The molecule has 1 rings (SSSR count). The topological polar surface area (TPSA) is 88.5 Å². The summed E-state index contributed by atoms with van der Waals surface area (Å²) in [5, 5.41) is 11.0. The maximum atomic E-state index is 11.8. The van der Waals surface area contributed by atoms with Crippen LogP contribution >= 0.6 is 0 Å². The minimum absolute atomic E-state index is 0.00225. The molecular weight excluding hydrogens is 281 g/mol. The van der Waals surface area contributed by atoms with Gasteiger partial charge >= 0.3 is 12.1 Å². The predicted octanol–water partition coefficient (Wildman–Crippen LogP) is 0.975. The van der Waals surface area contributed by atoms with E-state index in [0.717, 1.165) is 0 Å². The van der Waals surface area contributed by atoms with Gasteiger partial charge in [0.15, 0.2) is 0 Å². The summed E-state index contributed by atoms with van der Waals surface area (Å²) in [6.07, 6.45) is -3.23. The van der Waals surface area contributed by atoms with E-state index in [-0.39, 0.29) is 17.8 Å². The molecule has 0 atom stereocenters. The highest BCUT2D eigenvalue weighted by Crippen LogP contribution is 2.14. The molecule has 1 heterocycles. The minimum Gasteiger partial charge on any atom is -0.478 e. The number of hydrogen-bond acceptors (Lipinski definition) is 4. The molecule has 1 amide bonds. The van der Waals surface area contributed by atoms with E-state index in [2.05, 4.69) is 15.0 Å². The number of alkyl halides is 3. The Labute approximate surface area is 111 Å². The molecule has 0 fully saturated rings. The number of ether oxygens (including phenoxy) is 1. The average Bonchev–Trinajstić information content (AvgIpc) is 2.35. The zero-order chi connectivity index (χ0) is 15.2. The van der Waals surface area contributed by atoms with Crippen molar-refractivity contribution in [2.45, 2.75) is 12.7 Å². The van der Waals surface area contributed by atoms with Crippen molar-refractivity contribution in [1.29, 1.82) is 0 Å². The summed E-state index contributed by atoms with van der Waals surface area (Å²) >= 11 is 0. The van der Waals surface area contributed by atoms with Gasteiger partial charge in [-0.05, 0) is 12.1 Å². The number of carbonyl (C=O) groups is 2. The van der Waals surface area contributed by atoms with Crippen molar-refractivity contribution in [2.75, 3.05) is 13.2 Å². The van der Waals surface area contributed by atoms with Gasteiger partial charge in [-0.3, -0.25) is 9.78 Å². The highest BCUT2D eigenvalue weighted by Gasteiger charge is 2.27. The van der Waals surface area contributed by atoms with Crippen LogP contribution in [-0.2, 0) is 16.1 Å². The number of halogens is 3. The Morgan fingerprint density at radius 3 is 2.70 bits per heavy atom.